The van der Waals surface area contributed by atoms with Crippen molar-refractivity contribution in [1.29, 1.82) is 0 Å². The lowest BCUT2D eigenvalue weighted by molar-refractivity contribution is 0.103. The third-order valence-corrected chi connectivity index (χ3v) is 9.61. The van der Waals surface area contributed by atoms with Gasteiger partial charge in [0.15, 0.2) is 11.6 Å². The Hall–Kier alpha value is -5.67. The fourth-order valence-electron chi connectivity index (χ4n) is 5.04. The van der Waals surface area contributed by atoms with Crippen LogP contribution in [0.5, 0.6) is 0 Å². The van der Waals surface area contributed by atoms with E-state index in [1.54, 1.807) is 78.9 Å². The van der Waals surface area contributed by atoms with Crippen molar-refractivity contribution in [3.8, 4) is 24.2 Å². The average molecular weight is 1130 g/mol. The Kier molecular flexibility index (Phi) is 26.8. The van der Waals surface area contributed by atoms with E-state index in [0.717, 1.165) is 25.6 Å². The van der Waals surface area contributed by atoms with Crippen molar-refractivity contribution < 1.29 is 27.6 Å². The molecule has 0 N–H and O–H groups in total. The van der Waals surface area contributed by atoms with Gasteiger partial charge in [-0.2, -0.15) is 0 Å². The van der Waals surface area contributed by atoms with Crippen LogP contribution >= 0.6 is 73.6 Å². The fourth-order valence-corrected chi connectivity index (χ4v) is 5.69. The highest BCUT2D eigenvalue weighted by Crippen LogP contribution is 2.16. The van der Waals surface area contributed by atoms with E-state index in [1.807, 2.05) is 72.8 Å². The minimum absolute atomic E-state index is 0.104. The van der Waals surface area contributed by atoms with Gasteiger partial charge in [-0.3, -0.25) is 14.4 Å². The molecule has 3 nitrogen and oxygen atoms in total. The van der Waals surface area contributed by atoms with Gasteiger partial charge in [0.05, 0.1) is 0 Å². The maximum absolute atomic E-state index is 12.9. The first-order chi connectivity index (χ1) is 32.6. The van der Waals surface area contributed by atoms with Gasteiger partial charge in [-0.15, -0.1) is 6.42 Å². The zero-order valence-electron chi connectivity index (χ0n) is 35.5. The smallest absolute Gasteiger partial charge is 0.289 e. The Morgan fingerprint density at radius 1 is 0.397 bits per heavy atom. The Labute approximate surface area is 433 Å². The van der Waals surface area contributed by atoms with Crippen LogP contribution < -0.4 is 0 Å². The first-order valence-corrected chi connectivity index (χ1v) is 27.0. The molecule has 68 heavy (non-hydrogen) atoms. The SMILES string of the molecule is C#Cc1ccccc1.Fc1ccccc1.O=C(Cl)c1ccc(Br)cc1.O=C(c1ccc(F)cc1)c1ccc(Br)cc1.O=C(c1ccc(F)cc1)c1ccc(C#Cc2ccccc2)cc1.[Cl][Al]([Cl])[Cl]. The van der Waals surface area contributed by atoms with Gasteiger partial charge in [0.25, 0.3) is 5.24 Å². The standard InChI is InChI=1S/C21H13FO.C13H8BrFO.C8H6.C7H4BrClO.C6H5F.Al.3ClH/c22-20-14-12-19(13-15-20)21(23)18-10-8-17(9-11-18)7-6-16-4-2-1-3-5-16;14-11-5-1-9(2-6-11)13(16)10-3-7-12(15)8-4-10;1-2-8-6-4-3-5-7-8;8-6-3-1-5(2-4-6)7(9)10;7-6-4-2-1-3-5-6;;;;/h1-5,8-15H;1-8H;1,3-7H;1-4H;1-5H;;3*1H/q;;;;;+3;;;/p-3. The van der Waals surface area contributed by atoms with E-state index in [4.69, 9.17) is 48.2 Å². The summed E-state index contributed by atoms with van der Waals surface area (Å²) in [5.74, 6) is 7.55. The number of benzene rings is 8. The van der Waals surface area contributed by atoms with Gasteiger partial charge in [0.2, 0.25) is 0 Å². The quantitative estimate of drug-likeness (QED) is 0.0747. The molecular formula is C55H36AlBr2Cl4F3O3. The molecule has 0 heterocycles. The highest BCUT2D eigenvalue weighted by atomic mass is 79.9. The predicted octanol–water partition coefficient (Wildman–Crippen LogP) is 16.3. The van der Waals surface area contributed by atoms with Crippen molar-refractivity contribution >= 4 is 102 Å². The molecule has 0 unspecified atom stereocenters. The van der Waals surface area contributed by atoms with Crippen molar-refractivity contribution in [2.75, 3.05) is 0 Å². The molecule has 13 heteroatoms. The summed E-state index contributed by atoms with van der Waals surface area (Å²) in [5.41, 5.74) is 5.34. The average Bonchev–Trinajstić information content (AvgIpc) is 3.35. The molecule has 0 bridgehead atoms. The molecule has 0 spiro atoms. The number of carbonyl (C=O) groups is 3. The molecule has 0 fully saturated rings. The molecule has 0 radical (unpaired) electrons. The van der Waals surface area contributed by atoms with Crippen molar-refractivity contribution in [2.24, 2.45) is 0 Å². The van der Waals surface area contributed by atoms with Crippen molar-refractivity contribution in [3.63, 3.8) is 0 Å². The van der Waals surface area contributed by atoms with E-state index in [0.29, 0.717) is 27.8 Å². The lowest BCUT2D eigenvalue weighted by Gasteiger charge is -2.01. The van der Waals surface area contributed by atoms with Gasteiger partial charge in [0, 0.05) is 53.5 Å². The molecule has 0 saturated carbocycles. The van der Waals surface area contributed by atoms with Crippen LogP contribution in [0.25, 0.3) is 0 Å². The summed E-state index contributed by atoms with van der Waals surface area (Å²) >= 11 is 10.0. The van der Waals surface area contributed by atoms with Gasteiger partial charge in [-0.25, -0.2) is 43.3 Å². The lowest BCUT2D eigenvalue weighted by Crippen LogP contribution is -2.01. The summed E-state index contributed by atoms with van der Waals surface area (Å²) in [6.45, 7) is 0. The topological polar surface area (TPSA) is 51.2 Å². The minimum atomic E-state index is -1.72. The van der Waals surface area contributed by atoms with Crippen LogP contribution in [0.2, 0.25) is 0 Å². The second kappa shape index (κ2) is 32.1. The van der Waals surface area contributed by atoms with E-state index < -0.39 is 16.6 Å². The zero-order chi connectivity index (χ0) is 49.7. The molecule has 0 aliphatic carbocycles. The summed E-state index contributed by atoms with van der Waals surface area (Å²) in [6.07, 6.45) is 5.10. The highest BCUT2D eigenvalue weighted by Gasteiger charge is 2.10. The van der Waals surface area contributed by atoms with Crippen molar-refractivity contribution in [1.82, 2.24) is 0 Å². The van der Waals surface area contributed by atoms with E-state index >= 15 is 0 Å². The first-order valence-electron chi connectivity index (χ1n) is 19.8. The normalized spacial score (nSPS) is 9.29. The third kappa shape index (κ3) is 23.4. The van der Waals surface area contributed by atoms with Crippen LogP contribution in [0.15, 0.2) is 221 Å². The predicted molar refractivity (Wildman–Crippen MR) is 281 cm³/mol. The van der Waals surface area contributed by atoms with Gasteiger partial charge in [-0.1, -0.05) is 104 Å². The van der Waals surface area contributed by atoms with Crippen LogP contribution in [-0.2, 0) is 0 Å². The van der Waals surface area contributed by atoms with Crippen LogP contribution in [-0.4, -0.2) is 28.2 Å². The summed E-state index contributed by atoms with van der Waals surface area (Å²) in [6, 6.07) is 59.4. The van der Waals surface area contributed by atoms with E-state index in [2.05, 4.69) is 49.6 Å². The highest BCUT2D eigenvalue weighted by molar-refractivity contribution is 9.10. The summed E-state index contributed by atoms with van der Waals surface area (Å²) in [7, 11) is 14.8. The number of halogens is 9. The largest absolute Gasteiger partial charge is 0.643 e. The number of terminal acetylenes is 1. The summed E-state index contributed by atoms with van der Waals surface area (Å²) in [5, 5.41) is -0.424. The molecule has 0 amide bonds. The van der Waals surface area contributed by atoms with Crippen LogP contribution in [0.3, 0.4) is 0 Å². The third-order valence-electron chi connectivity index (χ3n) is 8.34. The lowest BCUT2D eigenvalue weighted by atomic mass is 10.0. The monoisotopic (exact) mass is 1130 g/mol. The van der Waals surface area contributed by atoms with Gasteiger partial charge < -0.3 is 0 Å². The van der Waals surface area contributed by atoms with E-state index in [1.165, 1.54) is 60.7 Å². The Balaban J connectivity index is 0.000000236. The maximum Gasteiger partial charge on any atom is 0.643 e. The van der Waals surface area contributed by atoms with E-state index in [-0.39, 0.29) is 29.0 Å². The van der Waals surface area contributed by atoms with Crippen LogP contribution in [0.1, 0.15) is 58.9 Å². The molecule has 8 rings (SSSR count). The number of hydrogen-bond donors (Lipinski definition) is 0. The molecule has 8 aromatic carbocycles. The molecule has 340 valence electrons. The molecule has 0 aliphatic heterocycles. The number of ketones is 2. The van der Waals surface area contributed by atoms with E-state index in [9.17, 15) is 27.6 Å². The van der Waals surface area contributed by atoms with Crippen LogP contribution in [0.4, 0.5) is 13.2 Å². The van der Waals surface area contributed by atoms with Gasteiger partial charge in [0.1, 0.15) is 17.5 Å². The van der Waals surface area contributed by atoms with Gasteiger partial charge in [-0.05, 0) is 169 Å². The summed E-state index contributed by atoms with van der Waals surface area (Å²) in [4.78, 5) is 34.7. The Morgan fingerprint density at radius 3 is 0.956 bits per heavy atom. The number of carbonyl (C=O) groups excluding carboxylic acids is 3. The number of hydrogen-bond acceptors (Lipinski definition) is 3. The maximum atomic E-state index is 12.9. The second-order valence-corrected chi connectivity index (χ2v) is 21.8. The molecule has 0 saturated heterocycles. The summed E-state index contributed by atoms with van der Waals surface area (Å²) < 4.78 is 39.4. The Bertz CT molecular complexity index is 2810. The molecule has 8 aromatic rings. The molecule has 0 atom stereocenters. The minimum Gasteiger partial charge on any atom is -0.289 e. The zero-order valence-corrected chi connectivity index (χ0v) is 42.8. The second-order valence-electron chi connectivity index (χ2n) is 13.2. The van der Waals surface area contributed by atoms with Crippen LogP contribution in [0, 0.1) is 41.6 Å². The first kappa shape index (κ1) is 56.7. The van der Waals surface area contributed by atoms with Gasteiger partial charge >= 0.3 is 11.4 Å². The van der Waals surface area contributed by atoms with Crippen molar-refractivity contribution in [2.45, 2.75) is 0 Å². The molecular weight excluding hydrogens is 1090 g/mol. The molecule has 0 aromatic heterocycles. The fraction of sp³-hybridized carbons (Fsp3) is 0. The molecule has 0 aliphatic rings. The number of rotatable bonds is 5. The Morgan fingerprint density at radius 2 is 0.662 bits per heavy atom. The van der Waals surface area contributed by atoms with Crippen molar-refractivity contribution in [3.05, 3.63) is 283 Å².